The van der Waals surface area contributed by atoms with Crippen LogP contribution in [0.1, 0.15) is 122 Å². The van der Waals surface area contributed by atoms with E-state index in [1.54, 1.807) is 6.07 Å². The van der Waals surface area contributed by atoms with Crippen LogP contribution in [0.3, 0.4) is 0 Å². The number of unbranched alkanes of at least 4 members (excludes halogenated alkanes) is 5. The van der Waals surface area contributed by atoms with E-state index in [0.29, 0.717) is 17.9 Å². The molecule has 0 atom stereocenters. The lowest BCUT2D eigenvalue weighted by Crippen LogP contribution is -2.30. The van der Waals surface area contributed by atoms with Crippen molar-refractivity contribution in [3.05, 3.63) is 29.3 Å². The summed E-state index contributed by atoms with van der Waals surface area (Å²) >= 11 is 0. The number of hydrogen-bond donors (Lipinski definition) is 0. The van der Waals surface area contributed by atoms with Crippen molar-refractivity contribution in [1.29, 1.82) is 0 Å². The lowest BCUT2D eigenvalue weighted by atomic mass is 9.68. The van der Waals surface area contributed by atoms with Crippen LogP contribution < -0.4 is 4.74 Å². The fourth-order valence-electron chi connectivity index (χ4n) is 6.24. The van der Waals surface area contributed by atoms with Gasteiger partial charge >= 0.3 is 5.97 Å². The monoisotopic (exact) mass is 476 g/mol. The quantitative estimate of drug-likeness (QED) is 0.171. The van der Waals surface area contributed by atoms with Gasteiger partial charge in [0.2, 0.25) is 5.82 Å². The van der Waals surface area contributed by atoms with Crippen molar-refractivity contribution in [3.63, 3.8) is 0 Å². The van der Waals surface area contributed by atoms with Crippen molar-refractivity contribution in [3.8, 4) is 5.75 Å². The Morgan fingerprint density at radius 3 is 2.06 bits per heavy atom. The summed E-state index contributed by atoms with van der Waals surface area (Å²) in [6.07, 6.45) is 19.4. The average molecular weight is 477 g/mol. The minimum atomic E-state index is -1.03. The standard InChI is InChI=1S/C30H46F2O2/c1-3-5-7-9-10-22-12-14-23(15-13-22)24-16-18-26(19-17-24)30(33)34-27-21-20-25(11-8-6-4-2)28(31)29(27)32/h20-24,26H,3-19H2,1-2H3. The third kappa shape index (κ3) is 7.78. The van der Waals surface area contributed by atoms with Gasteiger partial charge in [-0.2, -0.15) is 4.39 Å². The van der Waals surface area contributed by atoms with Crippen LogP contribution in [0.15, 0.2) is 12.1 Å². The Morgan fingerprint density at radius 1 is 0.794 bits per heavy atom. The van der Waals surface area contributed by atoms with Gasteiger partial charge in [0.05, 0.1) is 5.92 Å². The molecule has 1 aromatic rings. The lowest BCUT2D eigenvalue weighted by molar-refractivity contribution is -0.140. The normalized spacial score (nSPS) is 25.3. The molecule has 3 rings (SSSR count). The second-order valence-electron chi connectivity index (χ2n) is 11.0. The summed E-state index contributed by atoms with van der Waals surface area (Å²) in [5.41, 5.74) is 0.363. The van der Waals surface area contributed by atoms with Crippen molar-refractivity contribution in [2.24, 2.45) is 23.7 Å². The zero-order chi connectivity index (χ0) is 24.3. The number of ether oxygens (including phenoxy) is 1. The van der Waals surface area contributed by atoms with Gasteiger partial charge in [-0.1, -0.05) is 77.7 Å². The predicted octanol–water partition coefficient (Wildman–Crippen LogP) is 9.19. The molecule has 0 saturated heterocycles. The van der Waals surface area contributed by atoms with Crippen molar-refractivity contribution in [2.75, 3.05) is 0 Å². The Labute approximate surface area is 206 Å². The first-order chi connectivity index (χ1) is 16.5. The average Bonchev–Trinajstić information content (AvgIpc) is 2.86. The molecule has 34 heavy (non-hydrogen) atoms. The molecule has 2 aliphatic carbocycles. The summed E-state index contributed by atoms with van der Waals surface area (Å²) < 4.78 is 34.2. The van der Waals surface area contributed by atoms with Crippen LogP contribution in [0.25, 0.3) is 0 Å². The zero-order valence-electron chi connectivity index (χ0n) is 21.6. The lowest BCUT2D eigenvalue weighted by Gasteiger charge is -2.37. The summed E-state index contributed by atoms with van der Waals surface area (Å²) in [6, 6.07) is 2.98. The molecule has 2 nitrogen and oxygen atoms in total. The maximum atomic E-state index is 14.5. The van der Waals surface area contributed by atoms with Gasteiger partial charge in [0.25, 0.3) is 0 Å². The Bertz CT molecular complexity index is 746. The molecule has 4 heteroatoms. The molecule has 1 aromatic carbocycles. The molecule has 0 radical (unpaired) electrons. The maximum absolute atomic E-state index is 14.5. The Kier molecular flexibility index (Phi) is 11.3. The molecule has 0 spiro atoms. The topological polar surface area (TPSA) is 26.3 Å². The number of benzene rings is 1. The molecule has 0 bridgehead atoms. The fourth-order valence-corrected chi connectivity index (χ4v) is 6.24. The van der Waals surface area contributed by atoms with E-state index in [9.17, 15) is 13.6 Å². The van der Waals surface area contributed by atoms with Crippen molar-refractivity contribution in [2.45, 2.75) is 123 Å². The third-order valence-electron chi connectivity index (χ3n) is 8.52. The Balaban J connectivity index is 1.41. The first-order valence-electron chi connectivity index (χ1n) is 14.2. The fraction of sp³-hybridized carbons (Fsp3) is 0.767. The molecule has 0 unspecified atom stereocenters. The molecule has 192 valence electrons. The van der Waals surface area contributed by atoms with E-state index < -0.39 is 17.6 Å². The second-order valence-corrected chi connectivity index (χ2v) is 11.0. The summed E-state index contributed by atoms with van der Waals surface area (Å²) in [6.45, 7) is 4.35. The first kappa shape index (κ1) is 27.1. The largest absolute Gasteiger partial charge is 0.423 e. The number of hydrogen-bond acceptors (Lipinski definition) is 2. The number of aryl methyl sites for hydroxylation is 1. The van der Waals surface area contributed by atoms with Crippen LogP contribution in [0.5, 0.6) is 5.75 Å². The molecule has 2 fully saturated rings. The second kappa shape index (κ2) is 14.2. The summed E-state index contributed by atoms with van der Waals surface area (Å²) in [5, 5.41) is 0. The van der Waals surface area contributed by atoms with Crippen molar-refractivity contribution >= 4 is 5.97 Å². The summed E-state index contributed by atoms with van der Waals surface area (Å²) in [7, 11) is 0. The maximum Gasteiger partial charge on any atom is 0.314 e. The molecule has 0 heterocycles. The molecule has 0 amide bonds. The minimum absolute atomic E-state index is 0.196. The number of halogens is 2. The van der Waals surface area contributed by atoms with Crippen LogP contribution in [0.2, 0.25) is 0 Å². The highest BCUT2D eigenvalue weighted by Crippen LogP contribution is 2.42. The van der Waals surface area contributed by atoms with Gasteiger partial charge in [-0.05, 0) is 80.8 Å². The number of rotatable bonds is 12. The van der Waals surface area contributed by atoms with Gasteiger partial charge < -0.3 is 4.74 Å². The van der Waals surface area contributed by atoms with E-state index in [4.69, 9.17) is 4.74 Å². The van der Waals surface area contributed by atoms with E-state index in [-0.39, 0.29) is 11.7 Å². The van der Waals surface area contributed by atoms with Crippen LogP contribution in [-0.2, 0) is 11.2 Å². The molecular formula is C30H46F2O2. The van der Waals surface area contributed by atoms with Gasteiger partial charge in [0, 0.05) is 0 Å². The van der Waals surface area contributed by atoms with Gasteiger partial charge in [-0.25, -0.2) is 4.39 Å². The van der Waals surface area contributed by atoms with E-state index in [0.717, 1.165) is 56.8 Å². The van der Waals surface area contributed by atoms with E-state index in [1.165, 1.54) is 63.9 Å². The number of carbonyl (C=O) groups is 1. The third-order valence-corrected chi connectivity index (χ3v) is 8.52. The summed E-state index contributed by atoms with van der Waals surface area (Å²) in [4.78, 5) is 12.7. The molecule has 0 aromatic heterocycles. The Morgan fingerprint density at radius 2 is 1.41 bits per heavy atom. The Hall–Kier alpha value is -1.45. The van der Waals surface area contributed by atoms with Crippen LogP contribution in [-0.4, -0.2) is 5.97 Å². The number of esters is 1. The van der Waals surface area contributed by atoms with Gasteiger partial charge in [-0.3, -0.25) is 4.79 Å². The molecule has 2 aliphatic rings. The van der Waals surface area contributed by atoms with Crippen molar-refractivity contribution < 1.29 is 18.3 Å². The van der Waals surface area contributed by atoms with Crippen LogP contribution in [0.4, 0.5) is 8.78 Å². The first-order valence-corrected chi connectivity index (χ1v) is 14.2. The van der Waals surface area contributed by atoms with E-state index >= 15 is 0 Å². The highest BCUT2D eigenvalue weighted by atomic mass is 19.2. The van der Waals surface area contributed by atoms with E-state index in [1.807, 2.05) is 0 Å². The molecule has 2 saturated carbocycles. The smallest absolute Gasteiger partial charge is 0.314 e. The van der Waals surface area contributed by atoms with Crippen molar-refractivity contribution in [1.82, 2.24) is 0 Å². The summed E-state index contributed by atoms with van der Waals surface area (Å²) in [5.74, 6) is -0.316. The van der Waals surface area contributed by atoms with Crippen LogP contribution in [0, 0.1) is 35.3 Å². The van der Waals surface area contributed by atoms with Crippen LogP contribution >= 0.6 is 0 Å². The van der Waals surface area contributed by atoms with E-state index in [2.05, 4.69) is 13.8 Å². The number of carbonyl (C=O) groups excluding carboxylic acids is 1. The van der Waals surface area contributed by atoms with Gasteiger partial charge in [-0.15, -0.1) is 0 Å². The minimum Gasteiger partial charge on any atom is -0.423 e. The molecule has 0 N–H and O–H groups in total. The zero-order valence-corrected chi connectivity index (χ0v) is 21.6. The highest BCUT2D eigenvalue weighted by Gasteiger charge is 2.34. The molecule has 0 aliphatic heterocycles. The highest BCUT2D eigenvalue weighted by molar-refractivity contribution is 5.75. The van der Waals surface area contributed by atoms with Gasteiger partial charge in [0.15, 0.2) is 11.6 Å². The predicted molar refractivity (Wildman–Crippen MR) is 135 cm³/mol. The SMILES string of the molecule is CCCCCCC1CCC(C2CCC(C(=O)Oc3ccc(CCCCC)c(F)c3F)CC2)CC1. The van der Waals surface area contributed by atoms with Gasteiger partial charge in [0.1, 0.15) is 0 Å². The molecular weight excluding hydrogens is 430 g/mol.